The van der Waals surface area contributed by atoms with Gasteiger partial charge < -0.3 is 10.1 Å². The van der Waals surface area contributed by atoms with Gasteiger partial charge >= 0.3 is 0 Å². The first-order valence-electron chi connectivity index (χ1n) is 6.52. The molecule has 2 atom stereocenters. The van der Waals surface area contributed by atoms with Crippen molar-refractivity contribution in [3.63, 3.8) is 0 Å². The van der Waals surface area contributed by atoms with Crippen LogP contribution in [0.25, 0.3) is 0 Å². The van der Waals surface area contributed by atoms with Crippen molar-refractivity contribution in [1.82, 2.24) is 5.32 Å². The maximum Gasteiger partial charge on any atom is 0.152 e. The first-order valence-corrected chi connectivity index (χ1v) is 8.34. The monoisotopic (exact) mass is 263 g/mol. The van der Waals surface area contributed by atoms with Gasteiger partial charge in [-0.25, -0.2) is 8.42 Å². The molecule has 17 heavy (non-hydrogen) atoms. The van der Waals surface area contributed by atoms with E-state index in [1.165, 1.54) is 20.0 Å². The zero-order valence-corrected chi connectivity index (χ0v) is 11.8. The van der Waals surface area contributed by atoms with E-state index in [0.717, 1.165) is 19.4 Å². The number of hydrogen-bond donors (Lipinski definition) is 1. The van der Waals surface area contributed by atoms with E-state index in [9.17, 15) is 8.42 Å². The summed E-state index contributed by atoms with van der Waals surface area (Å²) in [7, 11) is -1.39. The SMILES string of the molecule is CCNC1CCCC1CCS(=O)(=O)CCOC. The summed E-state index contributed by atoms with van der Waals surface area (Å²) >= 11 is 0. The molecule has 0 heterocycles. The Morgan fingerprint density at radius 3 is 2.71 bits per heavy atom. The smallest absolute Gasteiger partial charge is 0.152 e. The zero-order valence-electron chi connectivity index (χ0n) is 10.9. The van der Waals surface area contributed by atoms with Crippen LogP contribution in [0, 0.1) is 5.92 Å². The quantitative estimate of drug-likeness (QED) is 0.715. The fraction of sp³-hybridized carbons (Fsp3) is 1.00. The Balaban J connectivity index is 2.34. The van der Waals surface area contributed by atoms with Gasteiger partial charge in [-0.3, -0.25) is 0 Å². The lowest BCUT2D eigenvalue weighted by Crippen LogP contribution is -2.33. The molecule has 0 aliphatic heterocycles. The van der Waals surface area contributed by atoms with E-state index in [1.54, 1.807) is 0 Å². The van der Waals surface area contributed by atoms with E-state index in [1.807, 2.05) is 0 Å². The predicted octanol–water partition coefficient (Wildman–Crippen LogP) is 1.22. The first-order chi connectivity index (χ1) is 8.09. The highest BCUT2D eigenvalue weighted by Gasteiger charge is 2.27. The van der Waals surface area contributed by atoms with Crippen molar-refractivity contribution in [1.29, 1.82) is 0 Å². The second-order valence-corrected chi connectivity index (χ2v) is 7.09. The van der Waals surface area contributed by atoms with Gasteiger partial charge in [-0.15, -0.1) is 0 Å². The minimum Gasteiger partial charge on any atom is -0.384 e. The van der Waals surface area contributed by atoms with E-state index in [-0.39, 0.29) is 5.75 Å². The molecule has 0 saturated heterocycles. The molecule has 1 aliphatic carbocycles. The summed E-state index contributed by atoms with van der Waals surface area (Å²) in [5.74, 6) is 0.998. The average Bonchev–Trinajstić information content (AvgIpc) is 2.72. The Morgan fingerprint density at radius 1 is 1.29 bits per heavy atom. The van der Waals surface area contributed by atoms with Crippen molar-refractivity contribution in [2.24, 2.45) is 5.92 Å². The molecule has 1 saturated carbocycles. The molecule has 2 unspecified atom stereocenters. The van der Waals surface area contributed by atoms with Crippen LogP contribution in [-0.4, -0.2) is 46.2 Å². The molecular weight excluding hydrogens is 238 g/mol. The van der Waals surface area contributed by atoms with Gasteiger partial charge in [0.2, 0.25) is 0 Å². The fourth-order valence-electron chi connectivity index (χ4n) is 2.56. The van der Waals surface area contributed by atoms with Crippen molar-refractivity contribution in [2.45, 2.75) is 38.6 Å². The summed E-state index contributed by atoms with van der Waals surface area (Å²) in [5, 5.41) is 3.45. The first kappa shape index (κ1) is 14.9. The maximum absolute atomic E-state index is 11.7. The van der Waals surface area contributed by atoms with Gasteiger partial charge in [0, 0.05) is 13.2 Å². The molecule has 4 nitrogen and oxygen atoms in total. The molecule has 5 heteroatoms. The van der Waals surface area contributed by atoms with Crippen LogP contribution < -0.4 is 5.32 Å². The molecule has 0 aromatic heterocycles. The lowest BCUT2D eigenvalue weighted by atomic mass is 10.0. The Morgan fingerprint density at radius 2 is 2.06 bits per heavy atom. The van der Waals surface area contributed by atoms with E-state index < -0.39 is 9.84 Å². The van der Waals surface area contributed by atoms with Crippen LogP contribution in [0.15, 0.2) is 0 Å². The van der Waals surface area contributed by atoms with Crippen molar-refractivity contribution in [3.8, 4) is 0 Å². The van der Waals surface area contributed by atoms with E-state index >= 15 is 0 Å². The summed E-state index contributed by atoms with van der Waals surface area (Å²) in [5.41, 5.74) is 0. The minimum absolute atomic E-state index is 0.155. The number of methoxy groups -OCH3 is 1. The summed E-state index contributed by atoms with van der Waals surface area (Å²) in [6, 6.07) is 0.526. The van der Waals surface area contributed by atoms with E-state index in [0.29, 0.717) is 24.3 Å². The van der Waals surface area contributed by atoms with Gasteiger partial charge in [0.25, 0.3) is 0 Å². The second-order valence-electron chi connectivity index (χ2n) is 4.79. The summed E-state index contributed by atoms with van der Waals surface area (Å²) in [6.45, 7) is 3.38. The summed E-state index contributed by atoms with van der Waals surface area (Å²) in [6.07, 6.45) is 4.37. The standard InChI is InChI=1S/C12H25NO3S/c1-3-13-12-6-4-5-11(12)7-9-17(14,15)10-8-16-2/h11-13H,3-10H2,1-2H3. The van der Waals surface area contributed by atoms with Gasteiger partial charge in [0.05, 0.1) is 18.1 Å². The van der Waals surface area contributed by atoms with Crippen molar-refractivity contribution >= 4 is 9.84 Å². The van der Waals surface area contributed by atoms with Gasteiger partial charge in [-0.2, -0.15) is 0 Å². The fourth-order valence-corrected chi connectivity index (χ4v) is 3.84. The Hall–Kier alpha value is -0.130. The third kappa shape index (κ3) is 5.36. The summed E-state index contributed by atoms with van der Waals surface area (Å²) < 4.78 is 28.2. The molecule has 0 spiro atoms. The van der Waals surface area contributed by atoms with Gasteiger partial charge in [0.15, 0.2) is 9.84 Å². The lowest BCUT2D eigenvalue weighted by Gasteiger charge is -2.20. The Labute approximate surface area is 105 Å². The van der Waals surface area contributed by atoms with Crippen LogP contribution in [-0.2, 0) is 14.6 Å². The topological polar surface area (TPSA) is 55.4 Å². The number of hydrogen-bond acceptors (Lipinski definition) is 4. The third-order valence-corrected chi connectivity index (χ3v) is 5.17. The molecule has 1 rings (SSSR count). The van der Waals surface area contributed by atoms with Crippen LogP contribution in [0.3, 0.4) is 0 Å². The molecule has 1 aliphatic rings. The molecule has 0 radical (unpaired) electrons. The third-order valence-electron chi connectivity index (χ3n) is 3.52. The highest BCUT2D eigenvalue weighted by atomic mass is 32.2. The Bertz CT molecular complexity index is 303. The zero-order chi connectivity index (χ0) is 12.7. The van der Waals surface area contributed by atoms with Gasteiger partial charge in [-0.1, -0.05) is 13.3 Å². The van der Waals surface area contributed by atoms with E-state index in [2.05, 4.69) is 12.2 Å². The molecule has 102 valence electrons. The molecular formula is C12H25NO3S. The molecule has 1 N–H and O–H groups in total. The minimum atomic E-state index is -2.92. The van der Waals surface area contributed by atoms with Crippen molar-refractivity contribution in [2.75, 3.05) is 31.8 Å². The number of rotatable bonds is 8. The average molecular weight is 263 g/mol. The second kappa shape index (κ2) is 7.34. The normalized spacial score (nSPS) is 25.3. The molecule has 1 fully saturated rings. The summed E-state index contributed by atoms with van der Waals surface area (Å²) in [4.78, 5) is 0. The Kier molecular flexibility index (Phi) is 6.44. The number of ether oxygens (including phenoxy) is 1. The number of sulfone groups is 1. The van der Waals surface area contributed by atoms with Crippen LogP contribution in [0.1, 0.15) is 32.6 Å². The van der Waals surface area contributed by atoms with Crippen molar-refractivity contribution < 1.29 is 13.2 Å². The van der Waals surface area contributed by atoms with Crippen LogP contribution >= 0.6 is 0 Å². The highest BCUT2D eigenvalue weighted by molar-refractivity contribution is 7.91. The molecule has 0 amide bonds. The maximum atomic E-state index is 11.7. The van der Waals surface area contributed by atoms with Crippen LogP contribution in [0.5, 0.6) is 0 Å². The molecule has 0 bridgehead atoms. The lowest BCUT2D eigenvalue weighted by molar-refractivity contribution is 0.217. The predicted molar refractivity (Wildman–Crippen MR) is 70.0 cm³/mol. The van der Waals surface area contributed by atoms with Crippen LogP contribution in [0.2, 0.25) is 0 Å². The van der Waals surface area contributed by atoms with E-state index in [4.69, 9.17) is 4.74 Å². The molecule has 0 aromatic carbocycles. The van der Waals surface area contributed by atoms with Crippen LogP contribution in [0.4, 0.5) is 0 Å². The molecule has 0 aromatic rings. The van der Waals surface area contributed by atoms with Gasteiger partial charge in [-0.05, 0) is 31.7 Å². The highest BCUT2D eigenvalue weighted by Crippen LogP contribution is 2.28. The van der Waals surface area contributed by atoms with Crippen molar-refractivity contribution in [3.05, 3.63) is 0 Å². The van der Waals surface area contributed by atoms with Gasteiger partial charge in [0.1, 0.15) is 0 Å². The largest absolute Gasteiger partial charge is 0.384 e. The number of nitrogens with one attached hydrogen (secondary N) is 1.